The minimum atomic E-state index is -0.00667. The maximum atomic E-state index is 13.2. The van der Waals surface area contributed by atoms with E-state index in [0.29, 0.717) is 13.2 Å². The first-order valence-electron chi connectivity index (χ1n) is 12.0. The number of benzene rings is 3. The number of likely N-dealkylation sites (tertiary alicyclic amines) is 1. The number of amides is 1. The van der Waals surface area contributed by atoms with Gasteiger partial charge in [0.15, 0.2) is 0 Å². The summed E-state index contributed by atoms with van der Waals surface area (Å²) < 4.78 is 6.00. The molecule has 3 heterocycles. The molecule has 0 aromatic heterocycles. The molecule has 2 N–H and O–H groups in total. The van der Waals surface area contributed by atoms with Crippen molar-refractivity contribution in [2.75, 3.05) is 19.7 Å². The van der Waals surface area contributed by atoms with Gasteiger partial charge >= 0.3 is 0 Å². The Labute approximate surface area is 199 Å². The molecule has 1 unspecified atom stereocenters. The van der Waals surface area contributed by atoms with Crippen molar-refractivity contribution in [1.29, 1.82) is 0 Å². The van der Waals surface area contributed by atoms with Crippen molar-refractivity contribution in [2.45, 2.75) is 37.3 Å². The summed E-state index contributed by atoms with van der Waals surface area (Å²) in [7, 11) is 0. The molecule has 0 radical (unpaired) electrons. The summed E-state index contributed by atoms with van der Waals surface area (Å²) in [5.74, 6) is 1.07. The fourth-order valence-corrected chi connectivity index (χ4v) is 5.48. The third kappa shape index (κ3) is 3.59. The Balaban J connectivity index is 1.11. The van der Waals surface area contributed by atoms with E-state index in [4.69, 9.17) is 10.5 Å². The number of hydrogen-bond donors (Lipinski definition) is 1. The van der Waals surface area contributed by atoms with Gasteiger partial charge in [0.25, 0.3) is 5.91 Å². The van der Waals surface area contributed by atoms with Crippen molar-refractivity contribution in [3.05, 3.63) is 94.5 Å². The van der Waals surface area contributed by atoms with Gasteiger partial charge in [-0.1, -0.05) is 42.5 Å². The molecular weight excluding hydrogens is 424 g/mol. The molecule has 1 saturated heterocycles. The van der Waals surface area contributed by atoms with Crippen LogP contribution in [0.1, 0.15) is 51.5 Å². The van der Waals surface area contributed by atoms with E-state index < -0.39 is 0 Å². The number of nitrogens with zero attached hydrogens (tertiary/aromatic N) is 3. The Hall–Kier alpha value is -3.51. The van der Waals surface area contributed by atoms with Crippen molar-refractivity contribution < 1.29 is 9.53 Å². The Morgan fingerprint density at radius 3 is 2.59 bits per heavy atom. The van der Waals surface area contributed by atoms with Gasteiger partial charge in [0.2, 0.25) is 0 Å². The molecule has 3 aliphatic rings. The number of azo groups is 1. The molecule has 172 valence electrons. The van der Waals surface area contributed by atoms with Crippen LogP contribution in [0.15, 0.2) is 77.0 Å². The molecule has 0 saturated carbocycles. The van der Waals surface area contributed by atoms with E-state index in [1.807, 2.05) is 59.5 Å². The van der Waals surface area contributed by atoms with E-state index in [1.54, 1.807) is 0 Å². The lowest BCUT2D eigenvalue weighted by molar-refractivity contribution is 0.0646. The summed E-state index contributed by atoms with van der Waals surface area (Å²) in [6, 6.07) is 22.4. The zero-order valence-electron chi connectivity index (χ0n) is 19.1. The Morgan fingerprint density at radius 2 is 1.79 bits per heavy atom. The number of fused-ring (bicyclic) bond motifs is 3. The highest BCUT2D eigenvalue weighted by Gasteiger charge is 2.44. The molecule has 6 heteroatoms. The fraction of sp³-hybridized carbons (Fsp3) is 0.321. The average molecular weight is 453 g/mol. The summed E-state index contributed by atoms with van der Waals surface area (Å²) in [5.41, 5.74) is 12.3. The molecule has 1 spiro atoms. The molecule has 1 fully saturated rings. The van der Waals surface area contributed by atoms with Gasteiger partial charge in [0.1, 0.15) is 11.8 Å². The van der Waals surface area contributed by atoms with Crippen LogP contribution in [0.2, 0.25) is 0 Å². The zero-order valence-corrected chi connectivity index (χ0v) is 19.1. The molecule has 1 atom stereocenters. The molecule has 3 aliphatic heterocycles. The monoisotopic (exact) mass is 452 g/mol. The number of carbonyl (C=O) groups is 1. The summed E-state index contributed by atoms with van der Waals surface area (Å²) in [4.78, 5) is 15.2. The van der Waals surface area contributed by atoms with Crippen LogP contribution >= 0.6 is 0 Å². The molecule has 6 nitrogen and oxygen atoms in total. The Bertz CT molecular complexity index is 1260. The second-order valence-corrected chi connectivity index (χ2v) is 9.59. The zero-order chi connectivity index (χ0) is 23.1. The van der Waals surface area contributed by atoms with Crippen LogP contribution in [0, 0.1) is 0 Å². The van der Waals surface area contributed by atoms with E-state index in [2.05, 4.69) is 22.4 Å². The van der Waals surface area contributed by atoms with Crippen molar-refractivity contribution in [3.63, 3.8) is 0 Å². The Kier molecular flexibility index (Phi) is 5.18. The van der Waals surface area contributed by atoms with Gasteiger partial charge in [-0.05, 0) is 48.2 Å². The van der Waals surface area contributed by atoms with Crippen LogP contribution in [0.3, 0.4) is 0 Å². The van der Waals surface area contributed by atoms with Crippen molar-refractivity contribution in [2.24, 2.45) is 16.0 Å². The lowest BCUT2D eigenvalue weighted by Crippen LogP contribution is -2.46. The number of carbonyl (C=O) groups excluding carboxylic acids is 1. The normalized spacial score (nSPS) is 19.7. The molecule has 0 bridgehead atoms. The van der Waals surface area contributed by atoms with E-state index in [0.717, 1.165) is 60.5 Å². The van der Waals surface area contributed by atoms with Crippen LogP contribution in [-0.4, -0.2) is 30.5 Å². The molecule has 34 heavy (non-hydrogen) atoms. The predicted octanol–water partition coefficient (Wildman–Crippen LogP) is 5.09. The van der Waals surface area contributed by atoms with E-state index in [-0.39, 0.29) is 17.4 Å². The highest BCUT2D eigenvalue weighted by atomic mass is 16.5. The summed E-state index contributed by atoms with van der Waals surface area (Å²) in [6.07, 6.45) is 2.60. The number of ether oxygens (including phenoxy) is 1. The lowest BCUT2D eigenvalue weighted by Gasteiger charge is -2.38. The fourth-order valence-electron chi connectivity index (χ4n) is 5.48. The van der Waals surface area contributed by atoms with Crippen LogP contribution < -0.4 is 10.5 Å². The third-order valence-corrected chi connectivity index (χ3v) is 7.59. The van der Waals surface area contributed by atoms with E-state index in [1.165, 1.54) is 11.1 Å². The minimum Gasteiger partial charge on any atom is -0.492 e. The average Bonchev–Trinajstić information content (AvgIpc) is 3.46. The maximum Gasteiger partial charge on any atom is 0.253 e. The topological polar surface area (TPSA) is 80.3 Å². The minimum absolute atomic E-state index is 0.00667. The third-order valence-electron chi connectivity index (χ3n) is 7.59. The standard InChI is InChI=1S/C28H28N4O2/c29-17-20-7-10-26-23(15-20)28(18-34-26)11-13-32(14-12-28)27(33)21-8-5-19(6-9-21)16-25-22-3-1-2-4-24(22)30-31-25/h1-10,15,25H,11-14,16-18,29H2. The van der Waals surface area contributed by atoms with Crippen LogP contribution in [0.25, 0.3) is 0 Å². The van der Waals surface area contributed by atoms with E-state index in [9.17, 15) is 4.79 Å². The van der Waals surface area contributed by atoms with Gasteiger partial charge in [-0.15, -0.1) is 0 Å². The van der Waals surface area contributed by atoms with Gasteiger partial charge in [-0.2, -0.15) is 10.2 Å². The molecular formula is C28H28N4O2. The van der Waals surface area contributed by atoms with Gasteiger partial charge in [0, 0.05) is 48.2 Å². The van der Waals surface area contributed by atoms with Crippen molar-refractivity contribution in [1.82, 2.24) is 4.90 Å². The largest absolute Gasteiger partial charge is 0.492 e. The van der Waals surface area contributed by atoms with Crippen LogP contribution in [0.5, 0.6) is 5.75 Å². The molecule has 0 aliphatic carbocycles. The summed E-state index contributed by atoms with van der Waals surface area (Å²) >= 11 is 0. The predicted molar refractivity (Wildman–Crippen MR) is 130 cm³/mol. The quantitative estimate of drug-likeness (QED) is 0.599. The second-order valence-electron chi connectivity index (χ2n) is 9.59. The number of piperidine rings is 1. The van der Waals surface area contributed by atoms with Crippen molar-refractivity contribution >= 4 is 11.6 Å². The first kappa shape index (κ1) is 21.1. The van der Waals surface area contributed by atoms with Crippen molar-refractivity contribution in [3.8, 4) is 5.75 Å². The molecule has 6 rings (SSSR count). The van der Waals surface area contributed by atoms with Gasteiger partial charge in [-0.3, -0.25) is 4.79 Å². The van der Waals surface area contributed by atoms with Crippen LogP contribution in [-0.2, 0) is 18.4 Å². The van der Waals surface area contributed by atoms with Crippen LogP contribution in [0.4, 0.5) is 5.69 Å². The number of rotatable bonds is 4. The van der Waals surface area contributed by atoms with Gasteiger partial charge in [-0.25, -0.2) is 0 Å². The molecule has 3 aromatic carbocycles. The summed E-state index contributed by atoms with van der Waals surface area (Å²) in [5, 5.41) is 8.71. The smallest absolute Gasteiger partial charge is 0.253 e. The van der Waals surface area contributed by atoms with Gasteiger partial charge in [0.05, 0.1) is 12.3 Å². The second kappa shape index (κ2) is 8.37. The maximum absolute atomic E-state index is 13.2. The summed E-state index contributed by atoms with van der Waals surface area (Å²) in [6.45, 7) is 2.68. The Morgan fingerprint density at radius 1 is 1.03 bits per heavy atom. The lowest BCUT2D eigenvalue weighted by atomic mass is 9.74. The highest BCUT2D eigenvalue weighted by Crippen LogP contribution is 2.46. The SMILES string of the molecule is NCc1ccc2c(c1)C1(CCN(C(=O)c3ccc(CC4N=Nc5ccccc54)cc3)CC1)CO2. The highest BCUT2D eigenvalue weighted by molar-refractivity contribution is 5.94. The molecule has 3 aromatic rings. The van der Waals surface area contributed by atoms with E-state index >= 15 is 0 Å². The van der Waals surface area contributed by atoms with Gasteiger partial charge < -0.3 is 15.4 Å². The molecule has 1 amide bonds. The first-order valence-corrected chi connectivity index (χ1v) is 12.0. The number of nitrogens with two attached hydrogens (primary N) is 1. The number of hydrogen-bond acceptors (Lipinski definition) is 5. The first-order chi connectivity index (χ1) is 16.6.